The number of carboxylic acid groups (broad SMARTS) is 1. The molecule has 0 aliphatic carbocycles. The fraction of sp³-hybridized carbons (Fsp3) is 0.125. The predicted octanol–water partition coefficient (Wildman–Crippen LogP) is 2.91. The van der Waals surface area contributed by atoms with E-state index in [2.05, 4.69) is 5.32 Å². The molecule has 2 aromatic rings. The fourth-order valence-electron chi connectivity index (χ4n) is 1.99. The van der Waals surface area contributed by atoms with Crippen LogP contribution in [-0.2, 0) is 4.79 Å². The second-order valence-corrected chi connectivity index (χ2v) is 4.69. The maximum absolute atomic E-state index is 13.1. The van der Waals surface area contributed by atoms with Gasteiger partial charge in [0, 0.05) is 5.56 Å². The van der Waals surface area contributed by atoms with Crippen LogP contribution in [0.4, 0.5) is 8.78 Å². The molecule has 2 aromatic carbocycles. The normalized spacial score (nSPS) is 11.7. The Morgan fingerprint density at radius 3 is 2.32 bits per heavy atom. The smallest absolute Gasteiger partial charge is 0.305 e. The quantitative estimate of drug-likeness (QED) is 0.892. The molecule has 2 N–H and O–H groups in total. The summed E-state index contributed by atoms with van der Waals surface area (Å²) in [6.45, 7) is 0. The third-order valence-electron chi connectivity index (χ3n) is 3.04. The number of hydrogen-bond donors (Lipinski definition) is 2. The molecule has 0 heterocycles. The van der Waals surface area contributed by atoms with Crippen molar-refractivity contribution in [1.82, 2.24) is 5.32 Å². The Morgan fingerprint density at radius 1 is 1.05 bits per heavy atom. The van der Waals surface area contributed by atoms with E-state index in [0.29, 0.717) is 5.56 Å². The van der Waals surface area contributed by atoms with E-state index in [1.165, 1.54) is 42.5 Å². The van der Waals surface area contributed by atoms with Gasteiger partial charge in [0.05, 0.1) is 12.5 Å². The summed E-state index contributed by atoms with van der Waals surface area (Å²) in [5, 5.41) is 11.5. The lowest BCUT2D eigenvalue weighted by atomic mass is 10.0. The van der Waals surface area contributed by atoms with Crippen molar-refractivity contribution >= 4 is 11.9 Å². The molecule has 1 amide bonds. The number of rotatable bonds is 5. The van der Waals surface area contributed by atoms with Crippen LogP contribution in [-0.4, -0.2) is 17.0 Å². The van der Waals surface area contributed by atoms with Crippen LogP contribution >= 0.6 is 0 Å². The number of nitrogens with one attached hydrogen (secondary N) is 1. The highest BCUT2D eigenvalue weighted by atomic mass is 19.1. The lowest BCUT2D eigenvalue weighted by Crippen LogP contribution is -2.30. The Labute approximate surface area is 125 Å². The van der Waals surface area contributed by atoms with Crippen molar-refractivity contribution in [3.05, 3.63) is 71.3 Å². The van der Waals surface area contributed by atoms with Crippen LogP contribution in [0, 0.1) is 11.6 Å². The second-order valence-electron chi connectivity index (χ2n) is 4.69. The first-order valence-electron chi connectivity index (χ1n) is 6.49. The van der Waals surface area contributed by atoms with Crippen molar-refractivity contribution in [2.75, 3.05) is 0 Å². The Balaban J connectivity index is 2.21. The number of amides is 1. The van der Waals surface area contributed by atoms with Crippen molar-refractivity contribution in [3.8, 4) is 0 Å². The minimum atomic E-state index is -1.12. The van der Waals surface area contributed by atoms with Gasteiger partial charge in [-0.1, -0.05) is 18.2 Å². The molecule has 4 nitrogen and oxygen atoms in total. The van der Waals surface area contributed by atoms with E-state index in [-0.39, 0.29) is 12.0 Å². The molecule has 0 aliphatic heterocycles. The molecule has 0 aromatic heterocycles. The molecule has 6 heteroatoms. The molecule has 0 spiro atoms. The predicted molar refractivity (Wildman–Crippen MR) is 75.3 cm³/mol. The summed E-state index contributed by atoms with van der Waals surface area (Å²) in [6, 6.07) is 9.37. The van der Waals surface area contributed by atoms with E-state index < -0.39 is 29.6 Å². The van der Waals surface area contributed by atoms with Gasteiger partial charge in [-0.2, -0.15) is 0 Å². The Hall–Kier alpha value is -2.76. The molecular weight excluding hydrogens is 292 g/mol. The highest BCUT2D eigenvalue weighted by Crippen LogP contribution is 2.18. The number of hydrogen-bond acceptors (Lipinski definition) is 2. The number of carbonyl (C=O) groups excluding carboxylic acids is 1. The number of carbonyl (C=O) groups is 2. The molecule has 0 bridgehead atoms. The Morgan fingerprint density at radius 2 is 1.73 bits per heavy atom. The first kappa shape index (κ1) is 15.6. The van der Waals surface area contributed by atoms with Crippen LogP contribution in [0.2, 0.25) is 0 Å². The highest BCUT2D eigenvalue weighted by molar-refractivity contribution is 5.94. The maximum atomic E-state index is 13.1. The molecule has 22 heavy (non-hydrogen) atoms. The molecule has 0 saturated carbocycles. The molecule has 0 aliphatic rings. The van der Waals surface area contributed by atoms with E-state index in [9.17, 15) is 18.4 Å². The van der Waals surface area contributed by atoms with Gasteiger partial charge < -0.3 is 10.4 Å². The van der Waals surface area contributed by atoms with Crippen molar-refractivity contribution in [1.29, 1.82) is 0 Å². The van der Waals surface area contributed by atoms with Gasteiger partial charge in [0.1, 0.15) is 11.6 Å². The number of halogens is 2. The van der Waals surface area contributed by atoms with Gasteiger partial charge in [-0.05, 0) is 35.9 Å². The van der Waals surface area contributed by atoms with Gasteiger partial charge in [-0.25, -0.2) is 8.78 Å². The largest absolute Gasteiger partial charge is 0.481 e. The summed E-state index contributed by atoms with van der Waals surface area (Å²) in [6.07, 6.45) is -0.368. The van der Waals surface area contributed by atoms with Crippen LogP contribution in [0.1, 0.15) is 28.4 Å². The molecule has 1 unspecified atom stereocenters. The molecule has 0 radical (unpaired) electrons. The standard InChI is InChI=1S/C16H13F2NO3/c17-12-6-4-10(5-7-12)14(9-15(20)21)19-16(22)11-2-1-3-13(18)8-11/h1-8,14H,9H2,(H,19,22)(H,20,21). The molecule has 1 atom stereocenters. The van der Waals surface area contributed by atoms with E-state index >= 15 is 0 Å². The Bertz CT molecular complexity index is 686. The third-order valence-corrected chi connectivity index (χ3v) is 3.04. The first-order chi connectivity index (χ1) is 10.5. The van der Waals surface area contributed by atoms with Crippen molar-refractivity contribution in [2.45, 2.75) is 12.5 Å². The summed E-state index contributed by atoms with van der Waals surface area (Å²) in [7, 11) is 0. The van der Waals surface area contributed by atoms with Crippen molar-refractivity contribution in [2.24, 2.45) is 0 Å². The van der Waals surface area contributed by atoms with Gasteiger partial charge in [0.25, 0.3) is 5.91 Å². The van der Waals surface area contributed by atoms with Crippen LogP contribution < -0.4 is 5.32 Å². The summed E-state index contributed by atoms with van der Waals surface area (Å²) in [4.78, 5) is 23.0. The molecule has 0 saturated heterocycles. The zero-order valence-electron chi connectivity index (χ0n) is 11.4. The van der Waals surface area contributed by atoms with Gasteiger partial charge in [0.15, 0.2) is 0 Å². The van der Waals surface area contributed by atoms with Crippen molar-refractivity contribution < 1.29 is 23.5 Å². The van der Waals surface area contributed by atoms with Crippen LogP contribution in [0.5, 0.6) is 0 Å². The zero-order valence-corrected chi connectivity index (χ0v) is 11.4. The minimum absolute atomic E-state index is 0.0810. The van der Waals surface area contributed by atoms with Crippen LogP contribution in [0.3, 0.4) is 0 Å². The van der Waals surface area contributed by atoms with E-state index in [4.69, 9.17) is 5.11 Å². The Kier molecular flexibility index (Phi) is 4.83. The fourth-order valence-corrected chi connectivity index (χ4v) is 1.99. The van der Waals surface area contributed by atoms with Gasteiger partial charge in [-0.3, -0.25) is 9.59 Å². The highest BCUT2D eigenvalue weighted by Gasteiger charge is 2.19. The van der Waals surface area contributed by atoms with Gasteiger partial charge in [0.2, 0.25) is 0 Å². The molecule has 0 fully saturated rings. The summed E-state index contributed by atoms with van der Waals surface area (Å²) >= 11 is 0. The van der Waals surface area contributed by atoms with Crippen molar-refractivity contribution in [3.63, 3.8) is 0 Å². The first-order valence-corrected chi connectivity index (χ1v) is 6.49. The third kappa shape index (κ3) is 4.12. The zero-order chi connectivity index (χ0) is 16.1. The summed E-state index contributed by atoms with van der Waals surface area (Å²) < 4.78 is 26.1. The van der Waals surface area contributed by atoms with E-state index in [0.717, 1.165) is 6.07 Å². The number of carboxylic acids is 1. The number of aliphatic carboxylic acids is 1. The maximum Gasteiger partial charge on any atom is 0.305 e. The number of benzene rings is 2. The van der Waals surface area contributed by atoms with Crippen LogP contribution in [0.25, 0.3) is 0 Å². The van der Waals surface area contributed by atoms with Gasteiger partial charge >= 0.3 is 5.97 Å². The average Bonchev–Trinajstić information content (AvgIpc) is 2.47. The van der Waals surface area contributed by atoms with E-state index in [1.807, 2.05) is 0 Å². The van der Waals surface area contributed by atoms with E-state index in [1.54, 1.807) is 0 Å². The minimum Gasteiger partial charge on any atom is -0.481 e. The molecule has 114 valence electrons. The van der Waals surface area contributed by atoms with Gasteiger partial charge in [-0.15, -0.1) is 0 Å². The summed E-state index contributed by atoms with van der Waals surface area (Å²) in [5.41, 5.74) is 0.533. The monoisotopic (exact) mass is 305 g/mol. The summed E-state index contributed by atoms with van der Waals surface area (Å²) in [5.74, 6) is -2.75. The topological polar surface area (TPSA) is 66.4 Å². The van der Waals surface area contributed by atoms with Crippen LogP contribution in [0.15, 0.2) is 48.5 Å². The second kappa shape index (κ2) is 6.80. The SMILES string of the molecule is O=C(O)CC(NC(=O)c1cccc(F)c1)c1ccc(F)cc1. The lowest BCUT2D eigenvalue weighted by molar-refractivity contribution is -0.137. The lowest BCUT2D eigenvalue weighted by Gasteiger charge is -2.17. The molecular formula is C16H13F2NO3. The average molecular weight is 305 g/mol. The molecule has 2 rings (SSSR count).